The van der Waals surface area contributed by atoms with Crippen LogP contribution >= 0.6 is 0 Å². The third-order valence-corrected chi connectivity index (χ3v) is 6.13. The summed E-state index contributed by atoms with van der Waals surface area (Å²) in [5.41, 5.74) is 3.50. The van der Waals surface area contributed by atoms with Gasteiger partial charge in [0, 0.05) is 31.4 Å². The molecule has 0 spiro atoms. The standard InChI is InChI=1S/C24H30N8/c1-17(2)32-10-8-18(9-11-32)16-31(3)21-6-4-19(5-7-21)22-12-23(30-29-22)28-24-15-26-20(13-25)14-27-24/h4-7,12,14-15,17-18H,8-11,16H2,1-3H3,(H2,27,28,29,30). The average molecular weight is 431 g/mol. The molecule has 1 saturated heterocycles. The predicted molar refractivity (Wildman–Crippen MR) is 127 cm³/mol. The number of likely N-dealkylation sites (tertiary alicyclic amines) is 1. The van der Waals surface area contributed by atoms with Crippen molar-refractivity contribution < 1.29 is 0 Å². The second-order valence-corrected chi connectivity index (χ2v) is 8.69. The highest BCUT2D eigenvalue weighted by molar-refractivity contribution is 5.67. The second kappa shape index (κ2) is 9.79. The van der Waals surface area contributed by atoms with Crippen molar-refractivity contribution in [3.8, 4) is 17.3 Å². The fourth-order valence-electron chi connectivity index (χ4n) is 4.16. The van der Waals surface area contributed by atoms with Crippen LogP contribution in [0.15, 0.2) is 42.7 Å². The molecule has 2 aromatic heterocycles. The van der Waals surface area contributed by atoms with Gasteiger partial charge in [-0.15, -0.1) is 0 Å². The van der Waals surface area contributed by atoms with Crippen LogP contribution in [0, 0.1) is 17.2 Å². The van der Waals surface area contributed by atoms with Gasteiger partial charge in [-0.05, 0) is 63.4 Å². The zero-order valence-electron chi connectivity index (χ0n) is 18.9. The first-order valence-corrected chi connectivity index (χ1v) is 11.1. The van der Waals surface area contributed by atoms with E-state index >= 15 is 0 Å². The maximum absolute atomic E-state index is 8.82. The molecule has 4 rings (SSSR count). The number of hydrogen-bond donors (Lipinski definition) is 2. The molecule has 1 aliphatic rings. The fourth-order valence-corrected chi connectivity index (χ4v) is 4.16. The third kappa shape index (κ3) is 5.24. The minimum atomic E-state index is 0.282. The van der Waals surface area contributed by atoms with E-state index in [0.29, 0.717) is 17.7 Å². The Labute approximate surface area is 189 Å². The number of anilines is 3. The number of H-pyrrole nitrogens is 1. The van der Waals surface area contributed by atoms with Crippen molar-refractivity contribution in [3.63, 3.8) is 0 Å². The summed E-state index contributed by atoms with van der Waals surface area (Å²) in [7, 11) is 2.18. The van der Waals surface area contributed by atoms with Crippen molar-refractivity contribution in [2.75, 3.05) is 36.9 Å². The fraction of sp³-hybridized carbons (Fsp3) is 0.417. The second-order valence-electron chi connectivity index (χ2n) is 8.69. The summed E-state index contributed by atoms with van der Waals surface area (Å²) in [5, 5.41) is 19.3. The highest BCUT2D eigenvalue weighted by Crippen LogP contribution is 2.26. The molecule has 3 aromatic rings. The summed E-state index contributed by atoms with van der Waals surface area (Å²) in [4.78, 5) is 13.1. The van der Waals surface area contributed by atoms with E-state index in [1.165, 1.54) is 44.0 Å². The van der Waals surface area contributed by atoms with Crippen LogP contribution < -0.4 is 10.2 Å². The molecule has 0 radical (unpaired) electrons. The first-order chi connectivity index (χ1) is 15.5. The van der Waals surface area contributed by atoms with Crippen LogP contribution in [0.4, 0.5) is 17.3 Å². The molecule has 0 unspecified atom stereocenters. The number of aromatic amines is 1. The van der Waals surface area contributed by atoms with Gasteiger partial charge < -0.3 is 15.1 Å². The highest BCUT2D eigenvalue weighted by Gasteiger charge is 2.22. The van der Waals surface area contributed by atoms with E-state index in [4.69, 9.17) is 5.26 Å². The smallest absolute Gasteiger partial charge is 0.158 e. The van der Waals surface area contributed by atoms with E-state index in [9.17, 15) is 0 Å². The van der Waals surface area contributed by atoms with Crippen LogP contribution in [-0.4, -0.2) is 57.8 Å². The van der Waals surface area contributed by atoms with Gasteiger partial charge in [-0.1, -0.05) is 12.1 Å². The zero-order valence-corrected chi connectivity index (χ0v) is 18.9. The minimum absolute atomic E-state index is 0.282. The predicted octanol–water partition coefficient (Wildman–Crippen LogP) is 4.04. The van der Waals surface area contributed by atoms with Gasteiger partial charge in [0.25, 0.3) is 0 Å². The Kier molecular flexibility index (Phi) is 6.66. The number of hydrogen-bond acceptors (Lipinski definition) is 7. The molecule has 8 nitrogen and oxygen atoms in total. The number of nitrogens with one attached hydrogen (secondary N) is 2. The molecule has 1 aromatic carbocycles. The Morgan fingerprint density at radius 1 is 1.16 bits per heavy atom. The molecule has 1 aliphatic heterocycles. The first kappa shape index (κ1) is 21.8. The Bertz CT molecular complexity index is 1040. The molecule has 8 heteroatoms. The van der Waals surface area contributed by atoms with Gasteiger partial charge in [-0.2, -0.15) is 10.4 Å². The minimum Gasteiger partial charge on any atom is -0.374 e. The number of rotatable bonds is 7. The number of aromatic nitrogens is 4. The first-order valence-electron chi connectivity index (χ1n) is 11.1. The molecular formula is C24H30N8. The molecular weight excluding hydrogens is 400 g/mol. The quantitative estimate of drug-likeness (QED) is 0.584. The molecule has 0 amide bonds. The van der Waals surface area contributed by atoms with Crippen LogP contribution in [-0.2, 0) is 0 Å². The summed E-state index contributed by atoms with van der Waals surface area (Å²) in [5.74, 6) is 1.94. The van der Waals surface area contributed by atoms with Crippen LogP contribution in [0.5, 0.6) is 0 Å². The Hall–Kier alpha value is -3.44. The van der Waals surface area contributed by atoms with Gasteiger partial charge in [0.05, 0.1) is 18.1 Å². The molecule has 0 saturated carbocycles. The van der Waals surface area contributed by atoms with Crippen LogP contribution in [0.25, 0.3) is 11.3 Å². The lowest BCUT2D eigenvalue weighted by atomic mass is 9.95. The molecule has 3 heterocycles. The SMILES string of the molecule is CC(C)N1CCC(CN(C)c2ccc(-c3cc(Nc4cnc(C#N)cn4)n[nH]3)cc2)CC1. The molecule has 0 aliphatic carbocycles. The molecule has 32 heavy (non-hydrogen) atoms. The van der Waals surface area contributed by atoms with Crippen LogP contribution in [0.1, 0.15) is 32.4 Å². The average Bonchev–Trinajstić information content (AvgIpc) is 3.28. The van der Waals surface area contributed by atoms with Crippen molar-refractivity contribution in [3.05, 3.63) is 48.4 Å². The summed E-state index contributed by atoms with van der Waals surface area (Å²) in [6.45, 7) is 8.08. The Morgan fingerprint density at radius 2 is 1.91 bits per heavy atom. The molecule has 166 valence electrons. The Morgan fingerprint density at radius 3 is 2.53 bits per heavy atom. The summed E-state index contributed by atoms with van der Waals surface area (Å²) >= 11 is 0. The van der Waals surface area contributed by atoms with Gasteiger partial charge in [-0.3, -0.25) is 5.10 Å². The van der Waals surface area contributed by atoms with Crippen molar-refractivity contribution in [2.24, 2.45) is 5.92 Å². The van der Waals surface area contributed by atoms with E-state index in [2.05, 4.69) is 80.4 Å². The highest BCUT2D eigenvalue weighted by atomic mass is 15.2. The number of nitrogens with zero attached hydrogens (tertiary/aromatic N) is 6. The molecule has 2 N–H and O–H groups in total. The number of benzene rings is 1. The van der Waals surface area contributed by atoms with Gasteiger partial charge in [0.15, 0.2) is 11.5 Å². The van der Waals surface area contributed by atoms with E-state index in [1.807, 2.05) is 12.1 Å². The van der Waals surface area contributed by atoms with Gasteiger partial charge >= 0.3 is 0 Å². The lowest BCUT2D eigenvalue weighted by Crippen LogP contribution is -2.41. The van der Waals surface area contributed by atoms with Gasteiger partial charge in [-0.25, -0.2) is 9.97 Å². The van der Waals surface area contributed by atoms with E-state index < -0.39 is 0 Å². The van der Waals surface area contributed by atoms with E-state index in [1.54, 1.807) is 0 Å². The lowest BCUT2D eigenvalue weighted by molar-refractivity contribution is 0.151. The summed E-state index contributed by atoms with van der Waals surface area (Å²) in [6, 6.07) is 13.1. The van der Waals surface area contributed by atoms with Gasteiger partial charge in [0.2, 0.25) is 0 Å². The topological polar surface area (TPSA) is 96.8 Å². The van der Waals surface area contributed by atoms with Crippen LogP contribution in [0.3, 0.4) is 0 Å². The molecule has 0 bridgehead atoms. The molecule has 1 fully saturated rings. The number of nitriles is 1. The van der Waals surface area contributed by atoms with E-state index in [-0.39, 0.29) is 5.69 Å². The normalized spacial score (nSPS) is 15.0. The lowest BCUT2D eigenvalue weighted by Gasteiger charge is -2.36. The van der Waals surface area contributed by atoms with Crippen molar-refractivity contribution in [2.45, 2.75) is 32.7 Å². The van der Waals surface area contributed by atoms with Crippen molar-refractivity contribution >= 4 is 17.3 Å². The molecule has 0 atom stereocenters. The summed E-state index contributed by atoms with van der Waals surface area (Å²) < 4.78 is 0. The monoisotopic (exact) mass is 430 g/mol. The number of piperidine rings is 1. The zero-order chi connectivity index (χ0) is 22.5. The largest absolute Gasteiger partial charge is 0.374 e. The van der Waals surface area contributed by atoms with Crippen LogP contribution in [0.2, 0.25) is 0 Å². The third-order valence-electron chi connectivity index (χ3n) is 6.13. The Balaban J connectivity index is 1.34. The van der Waals surface area contributed by atoms with Crippen molar-refractivity contribution in [1.29, 1.82) is 5.26 Å². The maximum atomic E-state index is 8.82. The van der Waals surface area contributed by atoms with Gasteiger partial charge in [0.1, 0.15) is 11.9 Å². The maximum Gasteiger partial charge on any atom is 0.158 e. The van der Waals surface area contributed by atoms with Crippen molar-refractivity contribution in [1.82, 2.24) is 25.1 Å². The van der Waals surface area contributed by atoms with E-state index in [0.717, 1.165) is 23.7 Å². The summed E-state index contributed by atoms with van der Waals surface area (Å²) in [6.07, 6.45) is 5.49.